The predicted molar refractivity (Wildman–Crippen MR) is 67.4 cm³/mol. The number of thioether (sulfide) groups is 1. The lowest BCUT2D eigenvalue weighted by Crippen LogP contribution is -2.22. The lowest BCUT2D eigenvalue weighted by atomic mass is 10.6. The number of nitrogens with zero attached hydrogens (tertiary/aromatic N) is 6. The molecule has 0 aromatic carbocycles. The van der Waals surface area contributed by atoms with Crippen molar-refractivity contribution in [2.24, 2.45) is 0 Å². The Hall–Kier alpha value is -1.48. The third-order valence-corrected chi connectivity index (χ3v) is 3.67. The molecule has 2 aromatic heterocycles. The first-order valence-corrected chi connectivity index (χ1v) is 7.21. The molecule has 0 unspecified atom stereocenters. The molecule has 2 aromatic rings. The monoisotopic (exact) mass is 281 g/mol. The van der Waals surface area contributed by atoms with Crippen LogP contribution in [0.4, 0.5) is 0 Å². The highest BCUT2D eigenvalue weighted by atomic mass is 32.2. The van der Waals surface area contributed by atoms with Crippen LogP contribution in [0.25, 0.3) is 0 Å². The van der Waals surface area contributed by atoms with Gasteiger partial charge in [0.1, 0.15) is 0 Å². The highest BCUT2D eigenvalue weighted by molar-refractivity contribution is 7.98. The van der Waals surface area contributed by atoms with Crippen LogP contribution in [-0.2, 0) is 12.3 Å². The summed E-state index contributed by atoms with van der Waals surface area (Å²) in [4.78, 5) is 4.14. The third kappa shape index (κ3) is 3.51. The molecular weight excluding hydrogens is 266 g/mol. The van der Waals surface area contributed by atoms with E-state index in [2.05, 4.69) is 31.0 Å². The number of hydrogen-bond donors (Lipinski definition) is 1. The zero-order valence-corrected chi connectivity index (χ0v) is 11.4. The number of tetrazole rings is 1. The Morgan fingerprint density at radius 2 is 2.37 bits per heavy atom. The molecule has 0 atom stereocenters. The molecule has 1 saturated carbocycles. The first kappa shape index (κ1) is 12.5. The molecule has 1 fully saturated rings. The van der Waals surface area contributed by atoms with E-state index in [-0.39, 0.29) is 0 Å². The lowest BCUT2D eigenvalue weighted by Gasteiger charge is -2.04. The van der Waals surface area contributed by atoms with Gasteiger partial charge in [-0.05, 0) is 30.2 Å². The van der Waals surface area contributed by atoms with Crippen LogP contribution in [0.5, 0.6) is 0 Å². The van der Waals surface area contributed by atoms with Crippen LogP contribution < -0.4 is 5.32 Å². The summed E-state index contributed by atoms with van der Waals surface area (Å²) in [6.45, 7) is 3.46. The third-order valence-electron chi connectivity index (χ3n) is 2.73. The molecule has 0 spiro atoms. The van der Waals surface area contributed by atoms with Crippen LogP contribution in [0.3, 0.4) is 0 Å². The summed E-state index contributed by atoms with van der Waals surface area (Å²) in [5, 5.41) is 19.6. The zero-order valence-electron chi connectivity index (χ0n) is 10.6. The summed E-state index contributed by atoms with van der Waals surface area (Å²) >= 11 is 1.50. The quantitative estimate of drug-likeness (QED) is 0.729. The fourth-order valence-electron chi connectivity index (χ4n) is 1.63. The summed E-state index contributed by atoms with van der Waals surface area (Å²) < 4.78 is 6.85. The molecule has 1 N–H and O–H groups in total. The summed E-state index contributed by atoms with van der Waals surface area (Å²) in [5.74, 6) is 1.81. The summed E-state index contributed by atoms with van der Waals surface area (Å²) in [7, 11) is 0. The molecule has 1 aliphatic carbocycles. The van der Waals surface area contributed by atoms with Crippen molar-refractivity contribution >= 4 is 11.8 Å². The maximum atomic E-state index is 5.05. The number of rotatable bonds is 7. The van der Waals surface area contributed by atoms with E-state index in [1.165, 1.54) is 24.6 Å². The first-order chi connectivity index (χ1) is 9.31. The van der Waals surface area contributed by atoms with Crippen LogP contribution in [0.1, 0.15) is 24.6 Å². The van der Waals surface area contributed by atoms with Gasteiger partial charge in [0, 0.05) is 12.6 Å². The van der Waals surface area contributed by atoms with Crippen LogP contribution in [0.2, 0.25) is 0 Å². The van der Waals surface area contributed by atoms with Gasteiger partial charge in [0.05, 0.1) is 12.3 Å². The molecule has 9 heteroatoms. The molecule has 3 rings (SSSR count). The highest BCUT2D eigenvalue weighted by Crippen LogP contribution is 2.20. The second-order valence-corrected chi connectivity index (χ2v) is 5.38. The van der Waals surface area contributed by atoms with Crippen LogP contribution in [0, 0.1) is 6.92 Å². The van der Waals surface area contributed by atoms with Gasteiger partial charge in [-0.3, -0.25) is 0 Å². The van der Waals surface area contributed by atoms with Crippen molar-refractivity contribution in [2.45, 2.75) is 43.3 Å². The normalized spacial score (nSPS) is 15.0. The Labute approximate surface area is 114 Å². The van der Waals surface area contributed by atoms with Crippen molar-refractivity contribution < 1.29 is 4.52 Å². The maximum absolute atomic E-state index is 5.05. The van der Waals surface area contributed by atoms with Crippen molar-refractivity contribution in [3.63, 3.8) is 0 Å². The van der Waals surface area contributed by atoms with Gasteiger partial charge in [0.25, 0.3) is 0 Å². The Kier molecular flexibility index (Phi) is 3.74. The number of aryl methyl sites for hydroxylation is 1. The van der Waals surface area contributed by atoms with Gasteiger partial charge in [0.2, 0.25) is 11.0 Å². The molecule has 0 bridgehead atoms. The van der Waals surface area contributed by atoms with E-state index in [9.17, 15) is 0 Å². The molecular formula is C10H15N7OS. The van der Waals surface area contributed by atoms with E-state index in [1.807, 2.05) is 0 Å². The Morgan fingerprint density at radius 1 is 1.47 bits per heavy atom. The molecule has 0 amide bonds. The summed E-state index contributed by atoms with van der Waals surface area (Å²) in [5.41, 5.74) is 0. The Balaban J connectivity index is 1.50. The Morgan fingerprint density at radius 3 is 3.11 bits per heavy atom. The number of aromatic nitrogens is 6. The van der Waals surface area contributed by atoms with Crippen molar-refractivity contribution in [1.29, 1.82) is 0 Å². The molecule has 102 valence electrons. The average molecular weight is 281 g/mol. The highest BCUT2D eigenvalue weighted by Gasteiger charge is 2.20. The molecule has 19 heavy (non-hydrogen) atoms. The first-order valence-electron chi connectivity index (χ1n) is 6.23. The SMILES string of the molecule is Cc1noc(CSc2nnnn2CCNC2CC2)n1. The molecule has 0 saturated heterocycles. The minimum atomic E-state index is 0.581. The van der Waals surface area contributed by atoms with Gasteiger partial charge in [-0.2, -0.15) is 4.98 Å². The summed E-state index contributed by atoms with van der Waals surface area (Å²) in [6.07, 6.45) is 2.57. The maximum Gasteiger partial charge on any atom is 0.237 e. The van der Waals surface area contributed by atoms with E-state index < -0.39 is 0 Å². The van der Waals surface area contributed by atoms with Crippen LogP contribution in [-0.4, -0.2) is 42.9 Å². The second-order valence-electron chi connectivity index (χ2n) is 4.44. The smallest absolute Gasteiger partial charge is 0.237 e. The topological polar surface area (TPSA) is 94.5 Å². The average Bonchev–Trinajstić information content (AvgIpc) is 2.95. The number of hydrogen-bond acceptors (Lipinski definition) is 8. The van der Waals surface area contributed by atoms with Crippen molar-refractivity contribution in [3.05, 3.63) is 11.7 Å². The molecule has 8 nitrogen and oxygen atoms in total. The molecule has 0 aliphatic heterocycles. The van der Waals surface area contributed by atoms with Gasteiger partial charge in [-0.1, -0.05) is 16.9 Å². The standard InChI is InChI=1S/C10H15N7OS/c1-7-12-9(18-14-7)6-19-10-13-15-16-17(10)5-4-11-8-2-3-8/h8,11H,2-6H2,1H3. The fraction of sp³-hybridized carbons (Fsp3) is 0.700. The summed E-state index contributed by atoms with van der Waals surface area (Å²) in [6, 6.07) is 0.703. The van der Waals surface area contributed by atoms with E-state index >= 15 is 0 Å². The minimum Gasteiger partial charge on any atom is -0.338 e. The van der Waals surface area contributed by atoms with E-state index in [0.717, 1.165) is 18.2 Å². The predicted octanol–water partition coefficient (Wildman–Crippen LogP) is 0.409. The van der Waals surface area contributed by atoms with Gasteiger partial charge < -0.3 is 9.84 Å². The lowest BCUT2D eigenvalue weighted by molar-refractivity contribution is 0.387. The van der Waals surface area contributed by atoms with Crippen molar-refractivity contribution in [1.82, 2.24) is 35.7 Å². The van der Waals surface area contributed by atoms with Crippen molar-refractivity contribution in [2.75, 3.05) is 6.54 Å². The molecule has 2 heterocycles. The second kappa shape index (κ2) is 5.66. The van der Waals surface area contributed by atoms with Gasteiger partial charge in [-0.15, -0.1) is 5.10 Å². The van der Waals surface area contributed by atoms with Crippen LogP contribution in [0.15, 0.2) is 9.68 Å². The minimum absolute atomic E-state index is 0.581. The fourth-order valence-corrected chi connectivity index (χ4v) is 2.37. The largest absolute Gasteiger partial charge is 0.338 e. The van der Waals surface area contributed by atoms with E-state index in [4.69, 9.17) is 4.52 Å². The van der Waals surface area contributed by atoms with E-state index in [0.29, 0.717) is 23.5 Å². The van der Waals surface area contributed by atoms with Gasteiger partial charge in [-0.25, -0.2) is 4.68 Å². The van der Waals surface area contributed by atoms with Crippen LogP contribution >= 0.6 is 11.8 Å². The van der Waals surface area contributed by atoms with Gasteiger partial charge in [0.15, 0.2) is 5.82 Å². The van der Waals surface area contributed by atoms with Crippen molar-refractivity contribution in [3.8, 4) is 0 Å². The molecule has 0 radical (unpaired) electrons. The molecule has 1 aliphatic rings. The zero-order chi connectivity index (χ0) is 13.1. The van der Waals surface area contributed by atoms with Gasteiger partial charge >= 0.3 is 0 Å². The Bertz CT molecular complexity index is 535. The van der Waals surface area contributed by atoms with E-state index in [1.54, 1.807) is 11.6 Å². The number of nitrogens with one attached hydrogen (secondary N) is 1.